The molecule has 6 heteroatoms. The normalized spacial score (nSPS) is 26.8. The fourth-order valence-electron chi connectivity index (χ4n) is 4.94. The molecule has 1 unspecified atom stereocenters. The minimum atomic E-state index is -1.23. The third-order valence-corrected chi connectivity index (χ3v) is 6.34. The smallest absolute Gasteiger partial charge is 0.331 e. The van der Waals surface area contributed by atoms with Crippen LogP contribution in [0.5, 0.6) is 0 Å². The highest BCUT2D eigenvalue weighted by Gasteiger charge is 2.57. The maximum absolute atomic E-state index is 13.6. The summed E-state index contributed by atoms with van der Waals surface area (Å²) in [6, 6.07) is 5.48. The predicted octanol–water partition coefficient (Wildman–Crippen LogP) is 2.77. The molecule has 1 N–H and O–H groups in total. The van der Waals surface area contributed by atoms with Crippen LogP contribution in [0.3, 0.4) is 0 Å². The summed E-state index contributed by atoms with van der Waals surface area (Å²) in [5.41, 5.74) is 1.90. The van der Waals surface area contributed by atoms with E-state index in [1.165, 1.54) is 4.90 Å². The Bertz CT molecular complexity index is 798. The lowest BCUT2D eigenvalue weighted by atomic mass is 9.74. The van der Waals surface area contributed by atoms with Crippen molar-refractivity contribution in [2.24, 2.45) is 5.41 Å². The molecule has 1 saturated carbocycles. The predicted molar refractivity (Wildman–Crippen MR) is 102 cm³/mol. The van der Waals surface area contributed by atoms with Crippen LogP contribution in [-0.2, 0) is 16.0 Å². The van der Waals surface area contributed by atoms with E-state index in [1.807, 2.05) is 37.1 Å². The summed E-state index contributed by atoms with van der Waals surface area (Å²) in [5.74, 6) is -0.775. The van der Waals surface area contributed by atoms with Gasteiger partial charge in [0.05, 0.1) is 0 Å². The molecule has 1 aliphatic carbocycles. The van der Waals surface area contributed by atoms with Gasteiger partial charge in [0.1, 0.15) is 5.41 Å². The molecule has 1 aromatic rings. The highest BCUT2D eigenvalue weighted by molar-refractivity contribution is 6.20. The molecule has 2 fully saturated rings. The van der Waals surface area contributed by atoms with Gasteiger partial charge in [0.25, 0.3) is 0 Å². The second-order valence-electron chi connectivity index (χ2n) is 8.33. The number of hydrogen-bond acceptors (Lipinski definition) is 4. The van der Waals surface area contributed by atoms with E-state index < -0.39 is 17.4 Å². The van der Waals surface area contributed by atoms with Crippen molar-refractivity contribution in [3.63, 3.8) is 0 Å². The highest BCUT2D eigenvalue weighted by atomic mass is 16.2. The summed E-state index contributed by atoms with van der Waals surface area (Å²) in [6.07, 6.45) is 6.31. The van der Waals surface area contributed by atoms with E-state index in [0.29, 0.717) is 13.0 Å². The number of urea groups is 1. The fourth-order valence-corrected chi connectivity index (χ4v) is 4.94. The Labute approximate surface area is 159 Å². The molecule has 2 aliphatic heterocycles. The van der Waals surface area contributed by atoms with Crippen LogP contribution in [0.1, 0.15) is 49.7 Å². The summed E-state index contributed by atoms with van der Waals surface area (Å²) in [4.78, 5) is 42.5. The Hall–Kier alpha value is -2.37. The van der Waals surface area contributed by atoms with Crippen LogP contribution in [0.4, 0.5) is 10.5 Å². The second kappa shape index (κ2) is 6.66. The van der Waals surface area contributed by atoms with Crippen LogP contribution >= 0.6 is 0 Å². The van der Waals surface area contributed by atoms with Crippen molar-refractivity contribution in [3.8, 4) is 0 Å². The molecule has 0 aromatic heterocycles. The van der Waals surface area contributed by atoms with Gasteiger partial charge in [0.2, 0.25) is 11.8 Å². The number of nitrogens with zero attached hydrogens (tertiary/aromatic N) is 2. The standard InChI is InChI=1S/C21H27N3O3/c1-14-9-10-17-15(11-14)12-21(13-23(17)2)18(25)22-20(27)24(19(21)26)16-7-5-3-4-6-8-16/h9-11,16H,3-8,12-13H2,1-2H3,(H,22,25,27). The van der Waals surface area contributed by atoms with E-state index in [4.69, 9.17) is 0 Å². The summed E-state index contributed by atoms with van der Waals surface area (Å²) in [7, 11) is 1.90. The molecule has 6 nitrogen and oxygen atoms in total. The number of carbonyl (C=O) groups is 3. The number of amides is 4. The molecule has 3 aliphatic rings. The summed E-state index contributed by atoms with van der Waals surface area (Å²) in [6.45, 7) is 2.30. The van der Waals surface area contributed by atoms with Gasteiger partial charge < -0.3 is 4.90 Å². The molecule has 0 bridgehead atoms. The highest BCUT2D eigenvalue weighted by Crippen LogP contribution is 2.40. The number of anilines is 1. The van der Waals surface area contributed by atoms with Gasteiger partial charge >= 0.3 is 6.03 Å². The lowest BCUT2D eigenvalue weighted by Crippen LogP contribution is -2.69. The van der Waals surface area contributed by atoms with Crippen molar-refractivity contribution in [2.45, 2.75) is 57.9 Å². The van der Waals surface area contributed by atoms with E-state index in [2.05, 4.69) is 5.32 Å². The van der Waals surface area contributed by atoms with E-state index >= 15 is 0 Å². The molecule has 4 amide bonds. The van der Waals surface area contributed by atoms with Gasteiger partial charge in [0.15, 0.2) is 0 Å². The SMILES string of the molecule is Cc1ccc2c(c1)CC1(CN2C)C(=O)NC(=O)N(C2CCCCCC2)C1=O. The molecular formula is C21H27N3O3. The Morgan fingerprint density at radius 1 is 1.07 bits per heavy atom. The largest absolute Gasteiger partial charge is 0.373 e. The Morgan fingerprint density at radius 2 is 1.78 bits per heavy atom. The molecule has 2 heterocycles. The number of imide groups is 2. The van der Waals surface area contributed by atoms with E-state index in [-0.39, 0.29) is 11.9 Å². The molecule has 0 radical (unpaired) electrons. The minimum absolute atomic E-state index is 0.103. The van der Waals surface area contributed by atoms with Crippen LogP contribution < -0.4 is 10.2 Å². The van der Waals surface area contributed by atoms with Crippen LogP contribution in [0, 0.1) is 12.3 Å². The average molecular weight is 369 g/mol. The van der Waals surface area contributed by atoms with Crippen molar-refractivity contribution in [1.29, 1.82) is 0 Å². The first kappa shape index (κ1) is 18.0. The first-order valence-electron chi connectivity index (χ1n) is 9.92. The molecule has 1 saturated heterocycles. The number of barbiturate groups is 1. The zero-order valence-corrected chi connectivity index (χ0v) is 16.1. The molecule has 1 spiro atoms. The van der Waals surface area contributed by atoms with Gasteiger partial charge in [-0.3, -0.25) is 19.8 Å². The van der Waals surface area contributed by atoms with Crippen molar-refractivity contribution in [3.05, 3.63) is 29.3 Å². The monoisotopic (exact) mass is 369 g/mol. The number of aryl methyl sites for hydroxylation is 1. The number of rotatable bonds is 1. The quantitative estimate of drug-likeness (QED) is 0.610. The number of hydrogen-bond donors (Lipinski definition) is 1. The van der Waals surface area contributed by atoms with Gasteiger partial charge in [-0.2, -0.15) is 0 Å². The van der Waals surface area contributed by atoms with Gasteiger partial charge in [0, 0.05) is 25.3 Å². The van der Waals surface area contributed by atoms with E-state index in [0.717, 1.165) is 55.3 Å². The second-order valence-corrected chi connectivity index (χ2v) is 8.33. The number of nitrogens with one attached hydrogen (secondary N) is 1. The number of fused-ring (bicyclic) bond motifs is 1. The first-order valence-corrected chi connectivity index (χ1v) is 9.92. The lowest BCUT2D eigenvalue weighted by Gasteiger charge is -2.46. The third-order valence-electron chi connectivity index (χ3n) is 6.34. The minimum Gasteiger partial charge on any atom is -0.373 e. The third kappa shape index (κ3) is 2.91. The fraction of sp³-hybridized carbons (Fsp3) is 0.571. The average Bonchev–Trinajstić information content (AvgIpc) is 2.89. The molecule has 27 heavy (non-hydrogen) atoms. The maximum atomic E-state index is 13.6. The van der Waals surface area contributed by atoms with Crippen molar-refractivity contribution >= 4 is 23.5 Å². The summed E-state index contributed by atoms with van der Waals surface area (Å²) < 4.78 is 0. The summed E-state index contributed by atoms with van der Waals surface area (Å²) in [5, 5.41) is 2.50. The van der Waals surface area contributed by atoms with Crippen LogP contribution in [0.25, 0.3) is 0 Å². The van der Waals surface area contributed by atoms with Gasteiger partial charge in [-0.25, -0.2) is 4.79 Å². The molecular weight excluding hydrogens is 342 g/mol. The van der Waals surface area contributed by atoms with Crippen molar-refractivity contribution in [1.82, 2.24) is 10.2 Å². The molecule has 144 valence electrons. The molecule has 4 rings (SSSR count). The maximum Gasteiger partial charge on any atom is 0.331 e. The lowest BCUT2D eigenvalue weighted by molar-refractivity contribution is -0.152. The van der Waals surface area contributed by atoms with Gasteiger partial charge in [-0.1, -0.05) is 43.4 Å². The van der Waals surface area contributed by atoms with Crippen LogP contribution in [-0.4, -0.2) is 42.4 Å². The van der Waals surface area contributed by atoms with E-state index in [1.54, 1.807) is 0 Å². The topological polar surface area (TPSA) is 69.7 Å². The van der Waals surface area contributed by atoms with Crippen molar-refractivity contribution in [2.75, 3.05) is 18.5 Å². The first-order chi connectivity index (χ1) is 12.9. The Balaban J connectivity index is 1.72. The summed E-state index contributed by atoms with van der Waals surface area (Å²) >= 11 is 0. The zero-order valence-electron chi connectivity index (χ0n) is 16.1. The Kier molecular flexibility index (Phi) is 4.44. The number of carbonyl (C=O) groups excluding carboxylic acids is 3. The van der Waals surface area contributed by atoms with Crippen LogP contribution in [0.15, 0.2) is 18.2 Å². The number of benzene rings is 1. The van der Waals surface area contributed by atoms with Crippen LogP contribution in [0.2, 0.25) is 0 Å². The Morgan fingerprint density at radius 3 is 2.48 bits per heavy atom. The van der Waals surface area contributed by atoms with Gasteiger partial charge in [-0.15, -0.1) is 0 Å². The van der Waals surface area contributed by atoms with Gasteiger partial charge in [-0.05, 0) is 37.8 Å². The van der Waals surface area contributed by atoms with E-state index in [9.17, 15) is 14.4 Å². The molecule has 1 atom stereocenters. The molecule has 1 aromatic carbocycles. The zero-order chi connectivity index (χ0) is 19.2. The van der Waals surface area contributed by atoms with Crippen molar-refractivity contribution < 1.29 is 14.4 Å².